The van der Waals surface area contributed by atoms with Crippen LogP contribution >= 0.6 is 23.2 Å². The van der Waals surface area contributed by atoms with Crippen molar-refractivity contribution >= 4 is 39.1 Å². The molecule has 2 aromatic carbocycles. The highest BCUT2D eigenvalue weighted by atomic mass is 35.5. The molecule has 1 N–H and O–H groups in total. The van der Waals surface area contributed by atoms with Crippen LogP contribution in [0.3, 0.4) is 0 Å². The van der Waals surface area contributed by atoms with E-state index in [1.165, 1.54) is 16.4 Å². The van der Waals surface area contributed by atoms with Crippen molar-refractivity contribution in [2.75, 3.05) is 13.1 Å². The zero-order valence-corrected chi connectivity index (χ0v) is 18.8. The average Bonchev–Trinajstić information content (AvgIpc) is 3.59. The lowest BCUT2D eigenvalue weighted by atomic mass is 9.95. The Morgan fingerprint density at radius 1 is 1.00 bits per heavy atom. The van der Waals surface area contributed by atoms with Crippen LogP contribution in [0.1, 0.15) is 37.3 Å². The van der Waals surface area contributed by atoms with E-state index < -0.39 is 10.0 Å². The first-order valence-electron chi connectivity index (χ1n) is 10.2. The molecule has 0 bridgehead atoms. The van der Waals surface area contributed by atoms with Crippen LogP contribution in [-0.2, 0) is 14.8 Å². The number of benzene rings is 2. The molecule has 0 radical (unpaired) electrons. The lowest BCUT2D eigenvalue weighted by Crippen LogP contribution is -2.44. The molecule has 1 heterocycles. The van der Waals surface area contributed by atoms with Gasteiger partial charge in [0, 0.05) is 24.0 Å². The summed E-state index contributed by atoms with van der Waals surface area (Å²) in [6.07, 6.45) is 3.21. The lowest BCUT2D eigenvalue weighted by molar-refractivity contribution is -0.127. The molecule has 4 rings (SSSR count). The summed E-state index contributed by atoms with van der Waals surface area (Å²) in [7, 11) is -3.75. The van der Waals surface area contributed by atoms with Gasteiger partial charge in [0.1, 0.15) is 4.90 Å². The number of nitrogens with one attached hydrogen (secondary N) is 1. The van der Waals surface area contributed by atoms with Gasteiger partial charge < -0.3 is 5.32 Å². The highest BCUT2D eigenvalue weighted by Crippen LogP contribution is 2.41. The molecule has 1 atom stereocenters. The van der Waals surface area contributed by atoms with Crippen molar-refractivity contribution in [2.24, 2.45) is 11.8 Å². The molecule has 160 valence electrons. The van der Waals surface area contributed by atoms with Crippen molar-refractivity contribution in [1.82, 2.24) is 9.62 Å². The molecule has 0 aromatic heterocycles. The van der Waals surface area contributed by atoms with Crippen molar-refractivity contribution in [2.45, 2.75) is 36.6 Å². The van der Waals surface area contributed by atoms with E-state index in [9.17, 15) is 13.2 Å². The Kier molecular flexibility index (Phi) is 6.39. The van der Waals surface area contributed by atoms with Gasteiger partial charge in [0.25, 0.3) is 0 Å². The smallest absolute Gasteiger partial charge is 0.244 e. The van der Waals surface area contributed by atoms with Gasteiger partial charge in [-0.25, -0.2) is 8.42 Å². The molecule has 1 saturated heterocycles. The Bertz CT molecular complexity index is 1020. The van der Waals surface area contributed by atoms with Crippen LogP contribution in [0.2, 0.25) is 10.0 Å². The van der Waals surface area contributed by atoms with E-state index in [-0.39, 0.29) is 40.9 Å². The van der Waals surface area contributed by atoms with E-state index in [1.54, 1.807) is 6.07 Å². The maximum Gasteiger partial charge on any atom is 0.244 e. The summed E-state index contributed by atoms with van der Waals surface area (Å²) >= 11 is 12.1. The second-order valence-corrected chi connectivity index (χ2v) is 10.7. The van der Waals surface area contributed by atoms with Crippen LogP contribution in [0.25, 0.3) is 0 Å². The summed E-state index contributed by atoms with van der Waals surface area (Å²) in [5.41, 5.74) is 1.13. The van der Waals surface area contributed by atoms with Crippen molar-refractivity contribution in [3.8, 4) is 0 Å². The normalized spacial score (nSPS) is 19.4. The first-order valence-corrected chi connectivity index (χ1v) is 12.4. The number of carbonyl (C=O) groups excluding carboxylic acids is 1. The van der Waals surface area contributed by atoms with Gasteiger partial charge in [-0.2, -0.15) is 4.31 Å². The minimum Gasteiger partial charge on any atom is -0.349 e. The fourth-order valence-corrected chi connectivity index (χ4v) is 6.21. The van der Waals surface area contributed by atoms with Gasteiger partial charge in [-0.05, 0) is 55.4 Å². The minimum atomic E-state index is -3.75. The molecule has 2 fully saturated rings. The van der Waals surface area contributed by atoms with Crippen molar-refractivity contribution < 1.29 is 13.2 Å². The maximum atomic E-state index is 13.0. The van der Waals surface area contributed by atoms with Crippen LogP contribution in [0, 0.1) is 11.8 Å². The van der Waals surface area contributed by atoms with E-state index in [0.717, 1.165) is 18.4 Å². The third kappa shape index (κ3) is 4.67. The molecule has 1 aliphatic heterocycles. The van der Waals surface area contributed by atoms with Gasteiger partial charge in [-0.1, -0.05) is 53.5 Å². The molecule has 2 aliphatic rings. The standard InChI is InChI=1S/C22H24Cl2N2O3S/c23-18-8-9-19(24)20(14-18)30(28,29)26-12-10-17(11-13-26)22(27)25-21(16-6-7-16)15-4-2-1-3-5-15/h1-5,8-9,14,16-17,21H,6-7,10-13H2,(H,25,27)/t21-/m1/s1. The number of halogens is 2. The monoisotopic (exact) mass is 466 g/mol. The summed E-state index contributed by atoms with van der Waals surface area (Å²) in [5, 5.41) is 3.69. The van der Waals surface area contributed by atoms with Crippen LogP contribution in [0.5, 0.6) is 0 Å². The van der Waals surface area contributed by atoms with Gasteiger partial charge in [0.05, 0.1) is 11.1 Å². The lowest BCUT2D eigenvalue weighted by Gasteiger charge is -2.32. The Morgan fingerprint density at radius 2 is 1.67 bits per heavy atom. The Hall–Kier alpha value is -1.60. The number of amides is 1. The molecule has 8 heteroatoms. The second-order valence-electron chi connectivity index (χ2n) is 7.99. The Labute approximate surface area is 187 Å². The zero-order valence-electron chi connectivity index (χ0n) is 16.4. The van der Waals surface area contributed by atoms with Gasteiger partial charge in [0.2, 0.25) is 15.9 Å². The Balaban J connectivity index is 1.40. The first-order chi connectivity index (χ1) is 14.4. The zero-order chi connectivity index (χ0) is 21.3. The SMILES string of the molecule is O=C(N[C@H](c1ccccc1)C1CC1)C1CCN(S(=O)(=O)c2cc(Cl)ccc2Cl)CC1. The minimum absolute atomic E-state index is 0.00795. The van der Waals surface area contributed by atoms with E-state index in [0.29, 0.717) is 23.8 Å². The predicted octanol–water partition coefficient (Wildman–Crippen LogP) is 4.66. The van der Waals surface area contributed by atoms with Gasteiger partial charge >= 0.3 is 0 Å². The Morgan fingerprint density at radius 3 is 2.30 bits per heavy atom. The highest BCUT2D eigenvalue weighted by molar-refractivity contribution is 7.89. The fraction of sp³-hybridized carbons (Fsp3) is 0.409. The van der Waals surface area contributed by atoms with E-state index in [2.05, 4.69) is 5.32 Å². The van der Waals surface area contributed by atoms with Gasteiger partial charge in [0.15, 0.2) is 0 Å². The maximum absolute atomic E-state index is 13.0. The number of rotatable bonds is 6. The summed E-state index contributed by atoms with van der Waals surface area (Å²) in [6, 6.07) is 14.5. The predicted molar refractivity (Wildman–Crippen MR) is 118 cm³/mol. The van der Waals surface area contributed by atoms with E-state index in [1.807, 2.05) is 30.3 Å². The summed E-state index contributed by atoms with van der Waals surface area (Å²) in [5.74, 6) is 0.298. The number of sulfonamides is 1. The molecule has 1 aliphatic carbocycles. The molecule has 0 spiro atoms. The average molecular weight is 467 g/mol. The molecule has 2 aromatic rings. The van der Waals surface area contributed by atoms with Crippen molar-refractivity contribution in [1.29, 1.82) is 0 Å². The molecular weight excluding hydrogens is 443 g/mol. The quantitative estimate of drug-likeness (QED) is 0.672. The van der Waals surface area contributed by atoms with Gasteiger partial charge in [-0.3, -0.25) is 4.79 Å². The number of piperidine rings is 1. The molecule has 0 unspecified atom stereocenters. The second kappa shape index (κ2) is 8.87. The molecule has 1 saturated carbocycles. The van der Waals surface area contributed by atoms with Crippen LogP contribution in [-0.4, -0.2) is 31.7 Å². The molecule has 1 amide bonds. The number of hydrogen-bond acceptors (Lipinski definition) is 3. The number of nitrogens with zero attached hydrogens (tertiary/aromatic N) is 1. The van der Waals surface area contributed by atoms with Crippen molar-refractivity contribution in [3.05, 3.63) is 64.1 Å². The fourth-order valence-electron chi connectivity index (χ4n) is 4.01. The van der Waals surface area contributed by atoms with E-state index >= 15 is 0 Å². The molecule has 30 heavy (non-hydrogen) atoms. The number of carbonyl (C=O) groups is 1. The molecular formula is C22H24Cl2N2O3S. The topological polar surface area (TPSA) is 66.5 Å². The van der Waals surface area contributed by atoms with Crippen LogP contribution in [0.4, 0.5) is 0 Å². The summed E-state index contributed by atoms with van der Waals surface area (Å²) in [4.78, 5) is 12.9. The summed E-state index contributed by atoms with van der Waals surface area (Å²) < 4.78 is 27.4. The van der Waals surface area contributed by atoms with E-state index in [4.69, 9.17) is 23.2 Å². The summed E-state index contributed by atoms with van der Waals surface area (Å²) in [6.45, 7) is 0.561. The van der Waals surface area contributed by atoms with Gasteiger partial charge in [-0.15, -0.1) is 0 Å². The third-order valence-corrected chi connectivity index (χ3v) is 8.50. The largest absolute Gasteiger partial charge is 0.349 e. The highest BCUT2D eigenvalue weighted by Gasteiger charge is 2.37. The number of hydrogen-bond donors (Lipinski definition) is 1. The van der Waals surface area contributed by atoms with Crippen molar-refractivity contribution in [3.63, 3.8) is 0 Å². The van der Waals surface area contributed by atoms with Crippen LogP contribution < -0.4 is 5.32 Å². The molecule has 5 nitrogen and oxygen atoms in total. The van der Waals surface area contributed by atoms with Crippen LogP contribution in [0.15, 0.2) is 53.4 Å². The third-order valence-electron chi connectivity index (χ3n) is 5.89. The first kappa shape index (κ1) is 21.6.